The van der Waals surface area contributed by atoms with Crippen LogP contribution in [0.2, 0.25) is 0 Å². The van der Waals surface area contributed by atoms with E-state index in [2.05, 4.69) is 6.92 Å². The zero-order chi connectivity index (χ0) is 21.2. The quantitative estimate of drug-likeness (QED) is 0.222. The van der Waals surface area contributed by atoms with Crippen molar-refractivity contribution in [2.75, 3.05) is 18.1 Å². The smallest absolute Gasteiger partial charge is 0.309 e. The molecule has 164 valence electrons. The highest BCUT2D eigenvalue weighted by Crippen LogP contribution is 2.14. The maximum Gasteiger partial charge on any atom is 0.309 e. The zero-order valence-electron chi connectivity index (χ0n) is 18.2. The first-order chi connectivity index (χ1) is 14.1. The van der Waals surface area contributed by atoms with Crippen molar-refractivity contribution in [1.29, 1.82) is 0 Å². The lowest BCUT2D eigenvalue weighted by atomic mass is 10.2. The molecule has 5 heteroatoms. The molecule has 1 atom stereocenters. The Bertz CT molecular complexity index is 547. The fourth-order valence-corrected chi connectivity index (χ4v) is 3.87. The van der Waals surface area contributed by atoms with E-state index in [9.17, 15) is 9.59 Å². The van der Waals surface area contributed by atoms with Gasteiger partial charge in [0.2, 0.25) is 0 Å². The third kappa shape index (κ3) is 14.2. The largest absolute Gasteiger partial charge is 0.465 e. The molecule has 0 fully saturated rings. The average molecular weight is 423 g/mol. The van der Waals surface area contributed by atoms with Crippen LogP contribution >= 0.6 is 11.8 Å². The number of rotatable bonds is 17. The molecule has 1 aromatic carbocycles. The summed E-state index contributed by atoms with van der Waals surface area (Å²) >= 11 is 1.85. The Morgan fingerprint density at radius 3 is 2.41 bits per heavy atom. The summed E-state index contributed by atoms with van der Waals surface area (Å²) in [5.74, 6) is 1.63. The lowest BCUT2D eigenvalue weighted by Crippen LogP contribution is -2.17. The van der Waals surface area contributed by atoms with Gasteiger partial charge in [0.25, 0.3) is 0 Å². The van der Waals surface area contributed by atoms with Crippen LogP contribution in [0, 0.1) is 5.92 Å². The maximum absolute atomic E-state index is 12.0. The Labute approximate surface area is 181 Å². The van der Waals surface area contributed by atoms with Crippen LogP contribution in [0.3, 0.4) is 0 Å². The van der Waals surface area contributed by atoms with Crippen molar-refractivity contribution in [3.05, 3.63) is 35.9 Å². The molecule has 0 spiro atoms. The monoisotopic (exact) mass is 422 g/mol. The summed E-state index contributed by atoms with van der Waals surface area (Å²) < 4.78 is 10.6. The lowest BCUT2D eigenvalue weighted by molar-refractivity contribution is -0.148. The molecule has 0 amide bonds. The van der Waals surface area contributed by atoms with E-state index in [4.69, 9.17) is 9.47 Å². The maximum atomic E-state index is 12.0. The summed E-state index contributed by atoms with van der Waals surface area (Å²) in [6.07, 6.45) is 9.25. The van der Waals surface area contributed by atoms with Crippen molar-refractivity contribution in [1.82, 2.24) is 0 Å². The Morgan fingerprint density at radius 1 is 0.931 bits per heavy atom. The van der Waals surface area contributed by atoms with Gasteiger partial charge in [-0.15, -0.1) is 0 Å². The van der Waals surface area contributed by atoms with Crippen molar-refractivity contribution >= 4 is 23.7 Å². The number of benzene rings is 1. The van der Waals surface area contributed by atoms with Gasteiger partial charge in [-0.2, -0.15) is 11.8 Å². The number of esters is 2. The highest BCUT2D eigenvalue weighted by Gasteiger charge is 2.14. The molecule has 1 rings (SSSR count). The third-order valence-electron chi connectivity index (χ3n) is 4.67. The second-order valence-corrected chi connectivity index (χ2v) is 8.66. The Balaban J connectivity index is 1.94. The SMILES string of the molecule is CCCCCCCSCC(C)C(=O)OCCCCCC(=O)OCc1ccccc1. The van der Waals surface area contributed by atoms with Gasteiger partial charge in [-0.1, -0.05) is 69.9 Å². The average Bonchev–Trinajstić information content (AvgIpc) is 2.74. The number of thioether (sulfide) groups is 1. The second kappa shape index (κ2) is 17.4. The van der Waals surface area contributed by atoms with Crippen LogP contribution < -0.4 is 0 Å². The molecule has 4 nitrogen and oxygen atoms in total. The van der Waals surface area contributed by atoms with Gasteiger partial charge < -0.3 is 9.47 Å². The molecular formula is C24H38O4S. The molecule has 1 unspecified atom stereocenters. The van der Waals surface area contributed by atoms with Crippen molar-refractivity contribution in [3.8, 4) is 0 Å². The van der Waals surface area contributed by atoms with Crippen molar-refractivity contribution in [3.63, 3.8) is 0 Å². The van der Waals surface area contributed by atoms with Crippen LogP contribution in [0.1, 0.15) is 77.2 Å². The number of hydrogen-bond acceptors (Lipinski definition) is 5. The number of ether oxygens (including phenoxy) is 2. The third-order valence-corrected chi connectivity index (χ3v) is 5.99. The van der Waals surface area contributed by atoms with E-state index in [1.807, 2.05) is 49.0 Å². The number of carbonyl (C=O) groups is 2. The molecule has 0 aliphatic rings. The van der Waals surface area contributed by atoms with E-state index >= 15 is 0 Å². The molecule has 0 aliphatic heterocycles. The fraction of sp³-hybridized carbons (Fsp3) is 0.667. The van der Waals surface area contributed by atoms with Gasteiger partial charge in [-0.3, -0.25) is 9.59 Å². The minimum absolute atomic E-state index is 0.0522. The van der Waals surface area contributed by atoms with Crippen LogP contribution in [-0.2, 0) is 25.7 Å². The van der Waals surface area contributed by atoms with E-state index < -0.39 is 0 Å². The molecular weight excluding hydrogens is 384 g/mol. The van der Waals surface area contributed by atoms with Gasteiger partial charge >= 0.3 is 11.9 Å². The van der Waals surface area contributed by atoms with E-state index in [0.29, 0.717) is 19.6 Å². The first-order valence-corrected chi connectivity index (χ1v) is 12.2. The predicted octanol–water partition coefficient (Wildman–Crippen LogP) is 6.17. The van der Waals surface area contributed by atoms with Gasteiger partial charge in [0.1, 0.15) is 6.61 Å². The zero-order valence-corrected chi connectivity index (χ0v) is 19.0. The Morgan fingerprint density at radius 2 is 1.66 bits per heavy atom. The summed E-state index contributed by atoms with van der Waals surface area (Å²) in [5, 5.41) is 0. The van der Waals surface area contributed by atoms with E-state index in [0.717, 1.165) is 36.3 Å². The van der Waals surface area contributed by atoms with Crippen LogP contribution in [0.5, 0.6) is 0 Å². The molecule has 0 N–H and O–H groups in total. The molecule has 0 bridgehead atoms. The van der Waals surface area contributed by atoms with Crippen molar-refractivity contribution < 1.29 is 19.1 Å². The normalized spacial score (nSPS) is 11.8. The van der Waals surface area contributed by atoms with Crippen LogP contribution in [0.4, 0.5) is 0 Å². The summed E-state index contributed by atoms with van der Waals surface area (Å²) in [6.45, 7) is 4.92. The standard InChI is InChI=1S/C24H38O4S/c1-3-4-5-6-13-18-29-20-21(2)24(26)27-17-12-8-11-16-23(25)28-19-22-14-9-7-10-15-22/h7,9-10,14-15,21H,3-6,8,11-13,16-20H2,1-2H3. The van der Waals surface area contributed by atoms with Crippen LogP contribution in [0.25, 0.3) is 0 Å². The summed E-state index contributed by atoms with van der Waals surface area (Å²) in [5.41, 5.74) is 0.997. The number of unbranched alkanes of at least 4 members (excludes halogenated alkanes) is 6. The molecule has 0 saturated heterocycles. The van der Waals surface area contributed by atoms with Gasteiger partial charge in [-0.25, -0.2) is 0 Å². The van der Waals surface area contributed by atoms with E-state index in [1.165, 1.54) is 32.1 Å². The number of carbonyl (C=O) groups excluding carboxylic acids is 2. The summed E-state index contributed by atoms with van der Waals surface area (Å²) in [7, 11) is 0. The highest BCUT2D eigenvalue weighted by molar-refractivity contribution is 7.99. The van der Waals surface area contributed by atoms with Gasteiger partial charge in [0, 0.05) is 12.2 Å². The molecule has 0 aliphatic carbocycles. The first-order valence-electron chi connectivity index (χ1n) is 11.1. The van der Waals surface area contributed by atoms with Crippen LogP contribution in [0.15, 0.2) is 30.3 Å². The number of hydrogen-bond donors (Lipinski definition) is 0. The molecule has 1 aromatic rings. The molecule has 29 heavy (non-hydrogen) atoms. The summed E-state index contributed by atoms with van der Waals surface area (Å²) in [6, 6.07) is 9.67. The predicted molar refractivity (Wildman–Crippen MR) is 121 cm³/mol. The second-order valence-electron chi connectivity index (χ2n) is 7.51. The van der Waals surface area contributed by atoms with E-state index in [-0.39, 0.29) is 17.9 Å². The van der Waals surface area contributed by atoms with Crippen molar-refractivity contribution in [2.24, 2.45) is 5.92 Å². The minimum atomic E-state index is -0.175. The van der Waals surface area contributed by atoms with Crippen molar-refractivity contribution in [2.45, 2.75) is 78.2 Å². The molecule has 0 radical (unpaired) electrons. The van der Waals surface area contributed by atoms with Crippen LogP contribution in [-0.4, -0.2) is 30.1 Å². The molecule has 0 saturated carbocycles. The topological polar surface area (TPSA) is 52.6 Å². The Kier molecular flexibility index (Phi) is 15.3. The first kappa shape index (κ1) is 25.5. The Hall–Kier alpha value is -1.49. The van der Waals surface area contributed by atoms with Gasteiger partial charge in [0.05, 0.1) is 12.5 Å². The fourth-order valence-electron chi connectivity index (χ4n) is 2.81. The van der Waals surface area contributed by atoms with E-state index in [1.54, 1.807) is 0 Å². The molecule has 0 heterocycles. The minimum Gasteiger partial charge on any atom is -0.465 e. The summed E-state index contributed by atoms with van der Waals surface area (Å²) in [4.78, 5) is 23.7. The highest BCUT2D eigenvalue weighted by atomic mass is 32.2. The van der Waals surface area contributed by atoms with Gasteiger partial charge in [-0.05, 0) is 37.0 Å². The lowest BCUT2D eigenvalue weighted by Gasteiger charge is -2.11. The molecule has 0 aromatic heterocycles. The van der Waals surface area contributed by atoms with Gasteiger partial charge in [0.15, 0.2) is 0 Å².